The molecule has 0 radical (unpaired) electrons. The van der Waals surface area contributed by atoms with Crippen LogP contribution in [0.1, 0.15) is 0 Å². The van der Waals surface area contributed by atoms with E-state index in [1.807, 2.05) is 4.52 Å². The van der Waals surface area contributed by atoms with Crippen molar-refractivity contribution in [1.29, 1.82) is 0 Å². The molecular formula is C5H15F7N6O3P6. The second-order valence-corrected chi connectivity index (χ2v) is 17.5. The highest BCUT2D eigenvalue weighted by atomic mass is 31.3. The summed E-state index contributed by atoms with van der Waals surface area (Å²) in [7, 11) is -30.4. The van der Waals surface area contributed by atoms with E-state index in [4.69, 9.17) is 0 Å². The van der Waals surface area contributed by atoms with E-state index in [1.165, 1.54) is 0 Å². The Morgan fingerprint density at radius 1 is 0.481 bits per heavy atom. The number of rotatable bonds is 3. The van der Waals surface area contributed by atoms with Gasteiger partial charge >= 0.3 is 38.9 Å². The van der Waals surface area contributed by atoms with E-state index in [-0.39, 0.29) is 0 Å². The molecule has 0 N–H and O–H groups in total. The van der Waals surface area contributed by atoms with Crippen molar-refractivity contribution in [3.05, 3.63) is 0 Å². The lowest BCUT2D eigenvalue weighted by Crippen LogP contribution is -1.82. The summed E-state index contributed by atoms with van der Waals surface area (Å²) in [5, 5.41) is 0. The van der Waals surface area contributed by atoms with E-state index in [0.29, 0.717) is 21.3 Å². The van der Waals surface area contributed by atoms with E-state index in [9.17, 15) is 29.4 Å². The summed E-state index contributed by atoms with van der Waals surface area (Å²) in [6.45, 7) is 1.84. The predicted octanol–water partition coefficient (Wildman–Crippen LogP) is 9.83. The molecule has 0 aromatic carbocycles. The summed E-state index contributed by atoms with van der Waals surface area (Å²) >= 11 is 0. The second kappa shape index (κ2) is 8.49. The average molecular weight is 526 g/mol. The minimum atomic E-state index is -6.38. The van der Waals surface area contributed by atoms with Gasteiger partial charge in [0.15, 0.2) is 0 Å². The molecule has 162 valence electrons. The summed E-state index contributed by atoms with van der Waals surface area (Å²) in [5.74, 6) is 0. The first-order chi connectivity index (χ1) is 11.9. The van der Waals surface area contributed by atoms with Gasteiger partial charge in [-0.1, -0.05) is 0 Å². The molecule has 0 bridgehead atoms. The van der Waals surface area contributed by atoms with Gasteiger partial charge in [0.05, 0.1) is 7.21 Å². The maximum Gasteiger partial charge on any atom is 0.425 e. The minimum Gasteiger partial charge on any atom is -0.307 e. The van der Waals surface area contributed by atoms with Gasteiger partial charge in [-0.2, -0.15) is 21.6 Å². The molecule has 0 aliphatic carbocycles. The van der Waals surface area contributed by atoms with Crippen molar-refractivity contribution in [3.63, 3.8) is 0 Å². The van der Waals surface area contributed by atoms with Crippen LogP contribution in [-0.2, 0) is 13.6 Å². The molecule has 1 aliphatic rings. The molecule has 1 aliphatic heterocycles. The summed E-state index contributed by atoms with van der Waals surface area (Å²) in [6.07, 6.45) is 0. The van der Waals surface area contributed by atoms with Gasteiger partial charge in [-0.25, -0.2) is 0 Å². The molecule has 0 aromatic heterocycles. The second-order valence-electron chi connectivity index (χ2n) is 4.75. The maximum absolute atomic E-state index is 14.8. The molecule has 0 aromatic rings. The van der Waals surface area contributed by atoms with Gasteiger partial charge in [0.25, 0.3) is 0 Å². The lowest BCUT2D eigenvalue weighted by atomic mass is 11.8. The Kier molecular flexibility index (Phi) is 8.11. The first-order valence-corrected chi connectivity index (χ1v) is 16.3. The summed E-state index contributed by atoms with van der Waals surface area (Å²) in [6, 6.07) is 0. The van der Waals surface area contributed by atoms with Crippen LogP contribution in [0.2, 0.25) is 0 Å². The molecule has 27 heavy (non-hydrogen) atoms. The molecule has 3 unspecified atom stereocenters. The van der Waals surface area contributed by atoms with Crippen LogP contribution in [0.4, 0.5) is 29.4 Å². The highest BCUT2D eigenvalue weighted by Gasteiger charge is 2.38. The molecule has 9 nitrogen and oxygen atoms in total. The smallest absolute Gasteiger partial charge is 0.307 e. The molecule has 1 rings (SSSR count). The zero-order valence-corrected chi connectivity index (χ0v) is 19.6. The SMILES string of the molecule is COP1(F)=NP(C)(C)=NP(F)(F)=NP(F)(F)=NP(F)(OC)=NP(F)(OC)=N1. The van der Waals surface area contributed by atoms with Crippen molar-refractivity contribution in [2.24, 2.45) is 27.1 Å². The highest BCUT2D eigenvalue weighted by Crippen LogP contribution is 2.81. The lowest BCUT2D eigenvalue weighted by molar-refractivity contribution is 0.403. The number of nitrogens with zero attached hydrogens (tertiary/aromatic N) is 6. The quantitative estimate of drug-likeness (QED) is 0.270. The van der Waals surface area contributed by atoms with E-state index < -0.39 is 46.1 Å². The monoisotopic (exact) mass is 526 g/mol. The van der Waals surface area contributed by atoms with Crippen LogP contribution in [-0.4, -0.2) is 34.7 Å². The van der Waals surface area contributed by atoms with Gasteiger partial charge in [-0.05, 0) is 13.3 Å². The molecule has 0 spiro atoms. The van der Waals surface area contributed by atoms with Crippen LogP contribution in [0.15, 0.2) is 27.1 Å². The average Bonchev–Trinajstić information content (AvgIpc) is 2.41. The Bertz CT molecular complexity index is 924. The lowest BCUT2D eigenvalue weighted by Gasteiger charge is -2.18. The Hall–Kier alpha value is 0.770. The van der Waals surface area contributed by atoms with Crippen LogP contribution in [0, 0.1) is 0 Å². The molecule has 3 atom stereocenters. The van der Waals surface area contributed by atoms with Crippen molar-refractivity contribution < 1.29 is 42.9 Å². The van der Waals surface area contributed by atoms with Gasteiger partial charge in [-0.3, -0.25) is 0 Å². The van der Waals surface area contributed by atoms with Gasteiger partial charge in [0, 0.05) is 21.3 Å². The molecule has 0 fully saturated rings. The third-order valence-corrected chi connectivity index (χ3v) is 15.9. The van der Waals surface area contributed by atoms with Crippen LogP contribution in [0.3, 0.4) is 0 Å². The van der Waals surface area contributed by atoms with Crippen molar-refractivity contribution in [3.8, 4) is 0 Å². The fourth-order valence-corrected chi connectivity index (χ4v) is 14.5. The standard InChI is InChI=1S/C5H15F7N6O3P6/c1-19-25(10)14-22(4,5)13-23(6,7)15-24(8,9)16-26(11,20-2)18-27(12,17-25)21-3/h1-5H3. The van der Waals surface area contributed by atoms with Crippen molar-refractivity contribution in [1.82, 2.24) is 0 Å². The Morgan fingerprint density at radius 3 is 1.22 bits per heavy atom. The molecule has 0 saturated carbocycles. The first kappa shape index (κ1) is 25.8. The number of hydrogen-bond donors (Lipinski definition) is 0. The zero-order valence-electron chi connectivity index (χ0n) is 14.2. The van der Waals surface area contributed by atoms with E-state index >= 15 is 0 Å². The molecule has 1 heterocycles. The van der Waals surface area contributed by atoms with E-state index in [2.05, 4.69) is 36.1 Å². The third kappa shape index (κ3) is 7.84. The normalized spacial score (nSPS) is 38.2. The van der Waals surface area contributed by atoms with Crippen LogP contribution >= 0.6 is 46.1 Å². The maximum atomic E-state index is 14.8. The zero-order chi connectivity index (χ0) is 21.4. The molecule has 0 saturated heterocycles. The largest absolute Gasteiger partial charge is 0.425 e. The fraction of sp³-hybridized carbons (Fsp3) is 1.00. The predicted molar refractivity (Wildman–Crippen MR) is 96.7 cm³/mol. The number of halogens is 7. The molecule has 22 heteroatoms. The Balaban J connectivity index is 4.22. The Labute approximate surface area is 151 Å². The van der Waals surface area contributed by atoms with Crippen molar-refractivity contribution in [2.45, 2.75) is 0 Å². The fourth-order valence-electron chi connectivity index (χ4n) is 1.39. The Morgan fingerprint density at radius 2 is 0.815 bits per heavy atom. The first-order valence-electron chi connectivity index (χ1n) is 6.25. The minimum absolute atomic E-state index is 0.484. The summed E-state index contributed by atoms with van der Waals surface area (Å²) in [5.41, 5.74) is 0. The topological polar surface area (TPSA) is 102 Å². The van der Waals surface area contributed by atoms with Gasteiger partial charge in [0.2, 0.25) is 0 Å². The number of hydrogen-bond acceptors (Lipinski definition) is 9. The van der Waals surface area contributed by atoms with Crippen LogP contribution in [0.25, 0.3) is 0 Å². The summed E-state index contributed by atoms with van der Waals surface area (Å²) in [4.78, 5) is 0. The summed E-state index contributed by atoms with van der Waals surface area (Å²) < 4.78 is 128. The van der Waals surface area contributed by atoms with Gasteiger partial charge in [0.1, 0.15) is 0 Å². The highest BCUT2D eigenvalue weighted by molar-refractivity contribution is 7.80. The van der Waals surface area contributed by atoms with Gasteiger partial charge in [-0.15, -0.1) is 34.8 Å². The molecular weight excluding hydrogens is 511 g/mol. The van der Waals surface area contributed by atoms with Crippen molar-refractivity contribution in [2.75, 3.05) is 34.7 Å². The van der Waals surface area contributed by atoms with Crippen LogP contribution < -0.4 is 0 Å². The van der Waals surface area contributed by atoms with Gasteiger partial charge < -0.3 is 13.6 Å². The molecule has 0 amide bonds. The van der Waals surface area contributed by atoms with Crippen molar-refractivity contribution >= 4 is 46.1 Å². The van der Waals surface area contributed by atoms with Crippen LogP contribution in [0.5, 0.6) is 0 Å². The van der Waals surface area contributed by atoms with E-state index in [1.54, 1.807) is 0 Å². The van der Waals surface area contributed by atoms with E-state index in [0.717, 1.165) is 13.3 Å². The third-order valence-electron chi connectivity index (χ3n) is 2.23.